The lowest BCUT2D eigenvalue weighted by Crippen LogP contribution is -1.88. The standard InChI is InChI=1S/C10H5ClF2N2/c11-10-5-14-4-9(15-10)6-1-7(12)3-8(13)2-6/h1-5H. The van der Waals surface area contributed by atoms with Crippen LogP contribution in [0.4, 0.5) is 8.78 Å². The fourth-order valence-corrected chi connectivity index (χ4v) is 1.33. The third-order valence-corrected chi connectivity index (χ3v) is 1.95. The minimum atomic E-state index is -0.660. The Morgan fingerprint density at radius 3 is 2.27 bits per heavy atom. The van der Waals surface area contributed by atoms with Gasteiger partial charge in [-0.3, -0.25) is 4.98 Å². The highest BCUT2D eigenvalue weighted by Crippen LogP contribution is 2.20. The number of hydrogen-bond donors (Lipinski definition) is 0. The lowest BCUT2D eigenvalue weighted by Gasteiger charge is -2.01. The van der Waals surface area contributed by atoms with E-state index in [1.165, 1.54) is 24.5 Å². The maximum Gasteiger partial charge on any atom is 0.148 e. The van der Waals surface area contributed by atoms with Crippen LogP contribution in [0.2, 0.25) is 5.15 Å². The zero-order valence-electron chi connectivity index (χ0n) is 7.42. The molecule has 2 rings (SSSR count). The molecule has 2 aromatic rings. The van der Waals surface area contributed by atoms with Crippen molar-refractivity contribution in [3.05, 3.63) is 47.4 Å². The van der Waals surface area contributed by atoms with Gasteiger partial charge >= 0.3 is 0 Å². The van der Waals surface area contributed by atoms with Gasteiger partial charge in [-0.2, -0.15) is 0 Å². The lowest BCUT2D eigenvalue weighted by molar-refractivity contribution is 0.584. The van der Waals surface area contributed by atoms with Crippen LogP contribution in [0.25, 0.3) is 11.3 Å². The van der Waals surface area contributed by atoms with E-state index in [-0.39, 0.29) is 5.15 Å². The highest BCUT2D eigenvalue weighted by atomic mass is 35.5. The van der Waals surface area contributed by atoms with Gasteiger partial charge in [0.1, 0.15) is 16.8 Å². The van der Waals surface area contributed by atoms with Crippen molar-refractivity contribution in [1.82, 2.24) is 9.97 Å². The molecule has 5 heteroatoms. The Hall–Kier alpha value is -1.55. The smallest absolute Gasteiger partial charge is 0.148 e. The van der Waals surface area contributed by atoms with Crippen LogP contribution < -0.4 is 0 Å². The molecule has 0 N–H and O–H groups in total. The minimum absolute atomic E-state index is 0.178. The Kier molecular flexibility index (Phi) is 2.60. The van der Waals surface area contributed by atoms with Crippen LogP contribution in [0, 0.1) is 11.6 Å². The van der Waals surface area contributed by atoms with Gasteiger partial charge in [-0.1, -0.05) is 11.6 Å². The van der Waals surface area contributed by atoms with Crippen molar-refractivity contribution in [2.75, 3.05) is 0 Å². The fraction of sp³-hybridized carbons (Fsp3) is 0. The number of benzene rings is 1. The number of hydrogen-bond acceptors (Lipinski definition) is 2. The van der Waals surface area contributed by atoms with Crippen LogP contribution in [-0.4, -0.2) is 9.97 Å². The third kappa shape index (κ3) is 2.27. The molecule has 1 aromatic carbocycles. The average molecular weight is 227 g/mol. The van der Waals surface area contributed by atoms with Crippen LogP contribution >= 0.6 is 11.6 Å². The van der Waals surface area contributed by atoms with E-state index in [0.717, 1.165) is 6.07 Å². The molecule has 0 fully saturated rings. The summed E-state index contributed by atoms with van der Waals surface area (Å²) >= 11 is 5.61. The summed E-state index contributed by atoms with van der Waals surface area (Å²) in [6.07, 6.45) is 2.74. The van der Waals surface area contributed by atoms with Crippen LogP contribution in [0.15, 0.2) is 30.6 Å². The van der Waals surface area contributed by atoms with Crippen LogP contribution in [0.3, 0.4) is 0 Å². The molecule has 2 nitrogen and oxygen atoms in total. The quantitative estimate of drug-likeness (QED) is 0.747. The highest BCUT2D eigenvalue weighted by Gasteiger charge is 2.05. The van der Waals surface area contributed by atoms with Crippen molar-refractivity contribution >= 4 is 11.6 Å². The molecule has 0 spiro atoms. The maximum absolute atomic E-state index is 12.9. The van der Waals surface area contributed by atoms with Crippen LogP contribution in [0.5, 0.6) is 0 Å². The van der Waals surface area contributed by atoms with Gasteiger partial charge in [0.05, 0.1) is 18.1 Å². The Morgan fingerprint density at radius 1 is 1.00 bits per heavy atom. The first-order chi connectivity index (χ1) is 7.15. The van der Waals surface area contributed by atoms with Gasteiger partial charge in [0.15, 0.2) is 0 Å². The van der Waals surface area contributed by atoms with E-state index in [0.29, 0.717) is 11.3 Å². The van der Waals surface area contributed by atoms with Crippen molar-refractivity contribution in [1.29, 1.82) is 0 Å². The predicted octanol–water partition coefficient (Wildman–Crippen LogP) is 3.08. The number of nitrogens with zero attached hydrogens (tertiary/aromatic N) is 2. The Morgan fingerprint density at radius 2 is 1.67 bits per heavy atom. The summed E-state index contributed by atoms with van der Waals surface area (Å²) < 4.78 is 25.8. The zero-order valence-corrected chi connectivity index (χ0v) is 8.17. The van der Waals surface area contributed by atoms with Crippen LogP contribution in [0.1, 0.15) is 0 Å². The molecule has 0 unspecified atom stereocenters. The normalized spacial score (nSPS) is 10.3. The summed E-state index contributed by atoms with van der Waals surface area (Å²) in [6.45, 7) is 0. The molecule has 0 aliphatic rings. The van der Waals surface area contributed by atoms with E-state index in [1.807, 2.05) is 0 Å². The molecule has 0 saturated heterocycles. The monoisotopic (exact) mass is 226 g/mol. The molecule has 1 aromatic heterocycles. The molecule has 0 atom stereocenters. The Balaban J connectivity index is 2.54. The summed E-state index contributed by atoms with van der Waals surface area (Å²) in [5.74, 6) is -1.32. The van der Waals surface area contributed by atoms with Gasteiger partial charge in [0.2, 0.25) is 0 Å². The average Bonchev–Trinajstić information content (AvgIpc) is 2.16. The van der Waals surface area contributed by atoms with Crippen molar-refractivity contribution in [2.24, 2.45) is 0 Å². The topological polar surface area (TPSA) is 25.8 Å². The maximum atomic E-state index is 12.9. The van der Waals surface area contributed by atoms with Gasteiger partial charge in [0, 0.05) is 11.6 Å². The summed E-state index contributed by atoms with van der Waals surface area (Å²) in [7, 11) is 0. The van der Waals surface area contributed by atoms with Crippen molar-refractivity contribution in [2.45, 2.75) is 0 Å². The Labute approximate surface area is 89.6 Å². The molecule has 0 bridgehead atoms. The molecule has 0 aliphatic carbocycles. The first kappa shape index (κ1) is 9.98. The van der Waals surface area contributed by atoms with E-state index in [4.69, 9.17) is 11.6 Å². The molecule has 15 heavy (non-hydrogen) atoms. The molecule has 1 heterocycles. The Bertz CT molecular complexity index is 482. The summed E-state index contributed by atoms with van der Waals surface area (Å²) in [6, 6.07) is 3.13. The molecule has 0 amide bonds. The first-order valence-corrected chi connectivity index (χ1v) is 4.47. The van der Waals surface area contributed by atoms with E-state index in [9.17, 15) is 8.78 Å². The van der Waals surface area contributed by atoms with E-state index >= 15 is 0 Å². The molecule has 0 saturated carbocycles. The molecule has 76 valence electrons. The number of halogens is 3. The van der Waals surface area contributed by atoms with E-state index in [2.05, 4.69) is 9.97 Å². The van der Waals surface area contributed by atoms with Gasteiger partial charge in [-0.05, 0) is 12.1 Å². The summed E-state index contributed by atoms with van der Waals surface area (Å²) in [4.78, 5) is 7.68. The van der Waals surface area contributed by atoms with Gasteiger partial charge < -0.3 is 0 Å². The second-order valence-corrected chi connectivity index (χ2v) is 3.27. The largest absolute Gasteiger partial charge is 0.259 e. The van der Waals surface area contributed by atoms with Crippen LogP contribution in [-0.2, 0) is 0 Å². The fourth-order valence-electron chi connectivity index (χ4n) is 1.18. The minimum Gasteiger partial charge on any atom is -0.259 e. The molecule has 0 radical (unpaired) electrons. The number of rotatable bonds is 1. The van der Waals surface area contributed by atoms with E-state index < -0.39 is 11.6 Å². The molecule has 0 aliphatic heterocycles. The van der Waals surface area contributed by atoms with Gasteiger partial charge in [-0.25, -0.2) is 13.8 Å². The summed E-state index contributed by atoms with van der Waals surface area (Å²) in [5, 5.41) is 0.178. The molecular weight excluding hydrogens is 222 g/mol. The predicted molar refractivity (Wildman–Crippen MR) is 52.4 cm³/mol. The van der Waals surface area contributed by atoms with Crippen molar-refractivity contribution in [3.8, 4) is 11.3 Å². The van der Waals surface area contributed by atoms with Gasteiger partial charge in [0.25, 0.3) is 0 Å². The third-order valence-electron chi connectivity index (χ3n) is 1.76. The number of aromatic nitrogens is 2. The van der Waals surface area contributed by atoms with Crippen molar-refractivity contribution in [3.63, 3.8) is 0 Å². The second-order valence-electron chi connectivity index (χ2n) is 2.89. The second kappa shape index (κ2) is 3.90. The SMILES string of the molecule is Fc1cc(F)cc(-c2cncc(Cl)n2)c1. The first-order valence-electron chi connectivity index (χ1n) is 4.09. The van der Waals surface area contributed by atoms with Gasteiger partial charge in [-0.15, -0.1) is 0 Å². The van der Waals surface area contributed by atoms with Crippen molar-refractivity contribution < 1.29 is 8.78 Å². The van der Waals surface area contributed by atoms with E-state index in [1.54, 1.807) is 0 Å². The molecular formula is C10H5ClF2N2. The highest BCUT2D eigenvalue weighted by molar-refractivity contribution is 6.29. The zero-order chi connectivity index (χ0) is 10.8. The summed E-state index contributed by atoms with van der Waals surface area (Å²) in [5.41, 5.74) is 0.642. The lowest BCUT2D eigenvalue weighted by atomic mass is 10.1.